The van der Waals surface area contributed by atoms with E-state index < -0.39 is 17.8 Å². The molecule has 7 heteroatoms. The third kappa shape index (κ3) is 2.66. The monoisotopic (exact) mass is 275 g/mol. The highest BCUT2D eigenvalue weighted by molar-refractivity contribution is 6.04. The molecule has 1 unspecified atom stereocenters. The SMILES string of the molecule is CC(CNC(=O)c1n[nH]c(=O)c2ccccc12)C(=O)O. The van der Waals surface area contributed by atoms with Crippen molar-refractivity contribution in [2.75, 3.05) is 6.54 Å². The highest BCUT2D eigenvalue weighted by atomic mass is 16.4. The third-order valence-corrected chi connectivity index (χ3v) is 2.90. The average molecular weight is 275 g/mol. The zero-order chi connectivity index (χ0) is 14.7. The number of H-pyrrole nitrogens is 1. The van der Waals surface area contributed by atoms with E-state index in [1.807, 2.05) is 0 Å². The number of rotatable bonds is 4. The van der Waals surface area contributed by atoms with Gasteiger partial charge in [-0.25, -0.2) is 5.10 Å². The Labute approximate surface area is 113 Å². The summed E-state index contributed by atoms with van der Waals surface area (Å²) in [6.45, 7) is 1.48. The molecule has 2 rings (SSSR count). The molecule has 0 aliphatic carbocycles. The number of aromatic nitrogens is 2. The van der Waals surface area contributed by atoms with Crippen molar-refractivity contribution in [2.24, 2.45) is 5.92 Å². The zero-order valence-corrected chi connectivity index (χ0v) is 10.7. The van der Waals surface area contributed by atoms with Crippen LogP contribution in [0.4, 0.5) is 0 Å². The minimum absolute atomic E-state index is 0.0106. The molecule has 1 amide bonds. The molecule has 3 N–H and O–H groups in total. The molecule has 1 atom stereocenters. The summed E-state index contributed by atoms with van der Waals surface area (Å²) in [7, 11) is 0. The fraction of sp³-hybridized carbons (Fsp3) is 0.231. The van der Waals surface area contributed by atoms with Crippen LogP contribution in [-0.2, 0) is 4.79 Å². The summed E-state index contributed by atoms with van der Waals surface area (Å²) in [5, 5.41) is 18.0. The van der Waals surface area contributed by atoms with Crippen LogP contribution in [0.3, 0.4) is 0 Å². The molecular formula is C13H13N3O4. The van der Waals surface area contributed by atoms with Gasteiger partial charge in [-0.1, -0.05) is 25.1 Å². The first-order chi connectivity index (χ1) is 9.50. The second-order valence-electron chi connectivity index (χ2n) is 4.40. The predicted molar refractivity (Wildman–Crippen MR) is 71.5 cm³/mol. The fourth-order valence-electron chi connectivity index (χ4n) is 1.70. The lowest BCUT2D eigenvalue weighted by atomic mass is 10.1. The van der Waals surface area contributed by atoms with Gasteiger partial charge in [0.2, 0.25) is 0 Å². The first-order valence-electron chi connectivity index (χ1n) is 5.99. The van der Waals surface area contributed by atoms with E-state index >= 15 is 0 Å². The normalized spacial score (nSPS) is 12.1. The molecular weight excluding hydrogens is 262 g/mol. The molecule has 1 aromatic carbocycles. The number of amides is 1. The smallest absolute Gasteiger partial charge is 0.308 e. The number of nitrogens with zero attached hydrogens (tertiary/aromatic N) is 1. The average Bonchev–Trinajstić information content (AvgIpc) is 2.45. The molecule has 104 valence electrons. The predicted octanol–water partition coefficient (Wildman–Crippen LogP) is 0.374. The number of carbonyl (C=O) groups excluding carboxylic acids is 1. The van der Waals surface area contributed by atoms with E-state index in [9.17, 15) is 14.4 Å². The van der Waals surface area contributed by atoms with Crippen molar-refractivity contribution >= 4 is 22.6 Å². The number of nitrogens with one attached hydrogen (secondary N) is 2. The quantitative estimate of drug-likeness (QED) is 0.746. The van der Waals surface area contributed by atoms with Gasteiger partial charge in [0.15, 0.2) is 5.69 Å². The zero-order valence-electron chi connectivity index (χ0n) is 10.7. The maximum atomic E-state index is 12.0. The first kappa shape index (κ1) is 13.7. The van der Waals surface area contributed by atoms with Crippen LogP contribution in [0.15, 0.2) is 29.1 Å². The first-order valence-corrected chi connectivity index (χ1v) is 5.99. The lowest BCUT2D eigenvalue weighted by molar-refractivity contribution is -0.140. The van der Waals surface area contributed by atoms with Gasteiger partial charge in [-0.2, -0.15) is 5.10 Å². The van der Waals surface area contributed by atoms with Crippen molar-refractivity contribution in [3.05, 3.63) is 40.3 Å². The van der Waals surface area contributed by atoms with Gasteiger partial charge in [0.1, 0.15) is 0 Å². The van der Waals surface area contributed by atoms with E-state index in [0.29, 0.717) is 10.8 Å². The summed E-state index contributed by atoms with van der Waals surface area (Å²) in [6.07, 6.45) is 0. The summed E-state index contributed by atoms with van der Waals surface area (Å²) >= 11 is 0. The molecule has 2 aromatic rings. The third-order valence-electron chi connectivity index (χ3n) is 2.90. The number of aromatic amines is 1. The van der Waals surface area contributed by atoms with Crippen LogP contribution < -0.4 is 10.9 Å². The van der Waals surface area contributed by atoms with Crippen molar-refractivity contribution in [1.82, 2.24) is 15.5 Å². The van der Waals surface area contributed by atoms with Crippen LogP contribution in [0.5, 0.6) is 0 Å². The Morgan fingerprint density at radius 3 is 2.65 bits per heavy atom. The van der Waals surface area contributed by atoms with Crippen molar-refractivity contribution < 1.29 is 14.7 Å². The lowest BCUT2D eigenvalue weighted by Crippen LogP contribution is -2.32. The Hall–Kier alpha value is -2.70. The Morgan fingerprint density at radius 1 is 1.35 bits per heavy atom. The minimum atomic E-state index is -0.996. The van der Waals surface area contributed by atoms with Crippen molar-refractivity contribution in [3.8, 4) is 0 Å². The molecule has 0 saturated carbocycles. The topological polar surface area (TPSA) is 112 Å². The summed E-state index contributed by atoms with van der Waals surface area (Å²) in [6, 6.07) is 6.59. The second-order valence-corrected chi connectivity index (χ2v) is 4.40. The molecule has 1 aromatic heterocycles. The molecule has 0 spiro atoms. The molecule has 0 bridgehead atoms. The number of benzene rings is 1. The van der Waals surface area contributed by atoms with Gasteiger partial charge in [-0.15, -0.1) is 0 Å². The standard InChI is InChI=1S/C13H13N3O4/c1-7(13(19)20)6-14-12(18)10-8-4-2-3-5-9(8)11(17)16-15-10/h2-5,7H,6H2,1H3,(H,14,18)(H,16,17)(H,19,20). The van der Waals surface area contributed by atoms with Crippen LogP contribution in [-0.4, -0.2) is 33.7 Å². The summed E-state index contributed by atoms with van der Waals surface area (Å²) in [5.74, 6) is -2.22. The van der Waals surface area contributed by atoms with E-state index in [1.165, 1.54) is 6.92 Å². The van der Waals surface area contributed by atoms with Gasteiger partial charge in [-0.3, -0.25) is 14.4 Å². The van der Waals surface area contributed by atoms with Crippen molar-refractivity contribution in [1.29, 1.82) is 0 Å². The molecule has 1 heterocycles. The van der Waals surface area contributed by atoms with Gasteiger partial charge in [0, 0.05) is 11.9 Å². The van der Waals surface area contributed by atoms with Gasteiger partial charge in [0.25, 0.3) is 11.5 Å². The Morgan fingerprint density at radius 2 is 2.00 bits per heavy atom. The van der Waals surface area contributed by atoms with E-state index in [1.54, 1.807) is 24.3 Å². The largest absolute Gasteiger partial charge is 0.481 e. The van der Waals surface area contributed by atoms with Crippen LogP contribution in [0.1, 0.15) is 17.4 Å². The summed E-state index contributed by atoms with van der Waals surface area (Å²) in [5.41, 5.74) is -0.311. The highest BCUT2D eigenvalue weighted by Gasteiger charge is 2.16. The van der Waals surface area contributed by atoms with Crippen LogP contribution in [0.25, 0.3) is 10.8 Å². The van der Waals surface area contributed by atoms with Gasteiger partial charge in [-0.05, 0) is 6.07 Å². The molecule has 0 aliphatic heterocycles. The van der Waals surface area contributed by atoms with Crippen LogP contribution in [0.2, 0.25) is 0 Å². The number of hydrogen-bond acceptors (Lipinski definition) is 4. The van der Waals surface area contributed by atoms with Crippen LogP contribution in [0, 0.1) is 5.92 Å². The van der Waals surface area contributed by atoms with Gasteiger partial charge < -0.3 is 10.4 Å². The number of carbonyl (C=O) groups is 2. The van der Waals surface area contributed by atoms with Crippen molar-refractivity contribution in [3.63, 3.8) is 0 Å². The maximum absolute atomic E-state index is 12.0. The Balaban J connectivity index is 2.29. The Bertz CT molecular complexity index is 723. The molecule has 0 saturated heterocycles. The second kappa shape index (κ2) is 5.52. The van der Waals surface area contributed by atoms with Gasteiger partial charge >= 0.3 is 5.97 Å². The number of carboxylic acid groups (broad SMARTS) is 1. The molecule has 20 heavy (non-hydrogen) atoms. The fourth-order valence-corrected chi connectivity index (χ4v) is 1.70. The number of fused-ring (bicyclic) bond motifs is 1. The van der Waals surface area contributed by atoms with E-state index in [-0.39, 0.29) is 17.8 Å². The highest BCUT2D eigenvalue weighted by Crippen LogP contribution is 2.12. The van der Waals surface area contributed by atoms with E-state index in [4.69, 9.17) is 5.11 Å². The maximum Gasteiger partial charge on any atom is 0.308 e. The van der Waals surface area contributed by atoms with Crippen molar-refractivity contribution in [2.45, 2.75) is 6.92 Å². The molecule has 0 aliphatic rings. The van der Waals surface area contributed by atoms with E-state index in [0.717, 1.165) is 0 Å². The van der Waals surface area contributed by atoms with Crippen LogP contribution >= 0.6 is 0 Å². The molecule has 0 radical (unpaired) electrons. The van der Waals surface area contributed by atoms with E-state index in [2.05, 4.69) is 15.5 Å². The Kier molecular flexibility index (Phi) is 3.79. The summed E-state index contributed by atoms with van der Waals surface area (Å²) in [4.78, 5) is 34.3. The number of hydrogen-bond donors (Lipinski definition) is 3. The molecule has 7 nitrogen and oxygen atoms in total. The number of aliphatic carboxylic acids is 1. The lowest BCUT2D eigenvalue weighted by Gasteiger charge is -2.09. The molecule has 0 fully saturated rings. The summed E-state index contributed by atoms with van der Waals surface area (Å²) < 4.78 is 0. The minimum Gasteiger partial charge on any atom is -0.481 e. The van der Waals surface area contributed by atoms with Gasteiger partial charge in [0.05, 0.1) is 11.3 Å². The number of carboxylic acids is 1.